The van der Waals surface area contributed by atoms with Gasteiger partial charge in [0.1, 0.15) is 5.82 Å². The number of hydrogen-bond acceptors (Lipinski definition) is 3. The van der Waals surface area contributed by atoms with Gasteiger partial charge in [0.2, 0.25) is 0 Å². The molecule has 0 radical (unpaired) electrons. The van der Waals surface area contributed by atoms with E-state index in [9.17, 15) is 0 Å². The van der Waals surface area contributed by atoms with Crippen LogP contribution in [0.3, 0.4) is 0 Å². The molecule has 3 aromatic rings. The zero-order valence-electron chi connectivity index (χ0n) is 16.2. The van der Waals surface area contributed by atoms with Gasteiger partial charge in [-0.2, -0.15) is 5.10 Å². The lowest BCUT2D eigenvalue weighted by Crippen LogP contribution is -2.35. The summed E-state index contributed by atoms with van der Waals surface area (Å²) in [4.78, 5) is 7.28. The first kappa shape index (κ1) is 18.0. The molecule has 0 bridgehead atoms. The minimum Gasteiger partial charge on any atom is -0.335 e. The van der Waals surface area contributed by atoms with E-state index in [2.05, 4.69) is 52.0 Å². The summed E-state index contributed by atoms with van der Waals surface area (Å²) in [7, 11) is 0. The van der Waals surface area contributed by atoms with Crippen molar-refractivity contribution < 1.29 is 0 Å². The number of piperidine rings is 1. The molecule has 1 aliphatic heterocycles. The van der Waals surface area contributed by atoms with Gasteiger partial charge in [0, 0.05) is 50.3 Å². The summed E-state index contributed by atoms with van der Waals surface area (Å²) in [6, 6.07) is 10.7. The molecule has 1 aliphatic rings. The van der Waals surface area contributed by atoms with Crippen LogP contribution >= 0.6 is 0 Å². The first-order chi connectivity index (χ1) is 13.3. The maximum Gasteiger partial charge on any atom is 0.113 e. The van der Waals surface area contributed by atoms with E-state index >= 15 is 0 Å². The topological polar surface area (TPSA) is 38.9 Å². The molecular weight excluding hydrogens is 334 g/mol. The first-order valence-corrected chi connectivity index (χ1v) is 10.2. The average Bonchev–Trinajstić information content (AvgIpc) is 3.39. The summed E-state index contributed by atoms with van der Waals surface area (Å²) in [6.07, 6.45) is 12.9. The average molecular weight is 364 g/mol. The van der Waals surface area contributed by atoms with Crippen molar-refractivity contribution in [1.82, 2.24) is 24.2 Å². The highest BCUT2D eigenvalue weighted by Gasteiger charge is 2.24. The number of rotatable bonds is 7. The highest BCUT2D eigenvalue weighted by Crippen LogP contribution is 2.27. The van der Waals surface area contributed by atoms with Crippen LogP contribution < -0.4 is 0 Å². The van der Waals surface area contributed by atoms with Gasteiger partial charge in [0.05, 0.1) is 5.69 Å². The third-order valence-corrected chi connectivity index (χ3v) is 5.48. The molecule has 0 saturated carbocycles. The molecule has 2 aromatic heterocycles. The van der Waals surface area contributed by atoms with Crippen LogP contribution in [0.2, 0.25) is 0 Å². The van der Waals surface area contributed by atoms with Gasteiger partial charge in [-0.15, -0.1) is 0 Å². The summed E-state index contributed by atoms with van der Waals surface area (Å²) >= 11 is 0. The molecule has 3 heterocycles. The zero-order valence-corrected chi connectivity index (χ0v) is 16.2. The molecule has 1 saturated heterocycles. The zero-order chi connectivity index (χ0) is 18.5. The minimum atomic E-state index is 0.550. The summed E-state index contributed by atoms with van der Waals surface area (Å²) in [5, 5.41) is 4.30. The Balaban J connectivity index is 1.39. The number of hydrogen-bond donors (Lipinski definition) is 0. The fourth-order valence-corrected chi connectivity index (χ4v) is 4.04. The number of likely N-dealkylation sites (tertiary alicyclic amines) is 1. The minimum absolute atomic E-state index is 0.550. The smallest absolute Gasteiger partial charge is 0.113 e. The third-order valence-electron chi connectivity index (χ3n) is 5.48. The van der Waals surface area contributed by atoms with Crippen LogP contribution in [0.5, 0.6) is 0 Å². The lowest BCUT2D eigenvalue weighted by Gasteiger charge is -2.32. The van der Waals surface area contributed by atoms with Gasteiger partial charge in [-0.05, 0) is 49.6 Å². The number of imidazole rings is 1. The van der Waals surface area contributed by atoms with E-state index in [1.54, 1.807) is 0 Å². The number of nitrogens with zero attached hydrogens (tertiary/aromatic N) is 5. The van der Waals surface area contributed by atoms with Crippen LogP contribution in [0.1, 0.15) is 49.9 Å². The van der Waals surface area contributed by atoms with Crippen molar-refractivity contribution in [3.05, 3.63) is 66.5 Å². The quantitative estimate of drug-likeness (QED) is 0.630. The van der Waals surface area contributed by atoms with E-state index in [1.165, 1.54) is 43.6 Å². The monoisotopic (exact) mass is 363 g/mol. The van der Waals surface area contributed by atoms with Crippen molar-refractivity contribution in [1.29, 1.82) is 0 Å². The second-order valence-corrected chi connectivity index (χ2v) is 7.52. The molecule has 0 spiro atoms. The SMILES string of the molecule is CCCCn1ccnc1[C@@H]1CCCN(Cc2ccc(-n3cccn3)cc2)C1. The normalized spacial score (nSPS) is 18.0. The Bertz CT molecular complexity index is 819. The molecule has 1 fully saturated rings. The van der Waals surface area contributed by atoms with Gasteiger partial charge < -0.3 is 4.57 Å². The van der Waals surface area contributed by atoms with E-state index in [1.807, 2.05) is 29.3 Å². The van der Waals surface area contributed by atoms with Crippen LogP contribution in [0, 0.1) is 0 Å². The molecule has 5 heteroatoms. The summed E-state index contributed by atoms with van der Waals surface area (Å²) < 4.78 is 4.27. The number of aryl methyl sites for hydroxylation is 1. The van der Waals surface area contributed by atoms with E-state index in [0.717, 1.165) is 25.3 Å². The highest BCUT2D eigenvalue weighted by atomic mass is 15.3. The van der Waals surface area contributed by atoms with Crippen molar-refractivity contribution in [2.45, 2.75) is 51.6 Å². The van der Waals surface area contributed by atoms with E-state index in [4.69, 9.17) is 4.98 Å². The van der Waals surface area contributed by atoms with Crippen molar-refractivity contribution in [2.24, 2.45) is 0 Å². The molecule has 0 aliphatic carbocycles. The van der Waals surface area contributed by atoms with Gasteiger partial charge in [-0.3, -0.25) is 4.90 Å². The second kappa shape index (κ2) is 8.53. The lowest BCUT2D eigenvalue weighted by molar-refractivity contribution is 0.194. The molecule has 4 rings (SSSR count). The van der Waals surface area contributed by atoms with Crippen LogP contribution in [0.15, 0.2) is 55.1 Å². The predicted octanol–water partition coefficient (Wildman–Crippen LogP) is 4.25. The van der Waals surface area contributed by atoms with Crippen LogP contribution in [0.25, 0.3) is 5.69 Å². The van der Waals surface area contributed by atoms with Crippen molar-refractivity contribution in [3.63, 3.8) is 0 Å². The molecule has 0 unspecified atom stereocenters. The Morgan fingerprint density at radius 3 is 2.78 bits per heavy atom. The molecule has 0 N–H and O–H groups in total. The maximum absolute atomic E-state index is 4.70. The van der Waals surface area contributed by atoms with Crippen molar-refractivity contribution in [3.8, 4) is 5.69 Å². The van der Waals surface area contributed by atoms with Crippen LogP contribution in [-0.4, -0.2) is 37.3 Å². The summed E-state index contributed by atoms with van der Waals surface area (Å²) in [5.41, 5.74) is 2.47. The first-order valence-electron chi connectivity index (χ1n) is 10.2. The largest absolute Gasteiger partial charge is 0.335 e. The Hall–Kier alpha value is -2.40. The van der Waals surface area contributed by atoms with E-state index < -0.39 is 0 Å². The van der Waals surface area contributed by atoms with Crippen molar-refractivity contribution in [2.75, 3.05) is 13.1 Å². The molecule has 0 amide bonds. The van der Waals surface area contributed by atoms with E-state index in [-0.39, 0.29) is 0 Å². The molecule has 27 heavy (non-hydrogen) atoms. The van der Waals surface area contributed by atoms with E-state index in [0.29, 0.717) is 5.92 Å². The van der Waals surface area contributed by atoms with Crippen LogP contribution in [0.4, 0.5) is 0 Å². The fraction of sp³-hybridized carbons (Fsp3) is 0.455. The number of aromatic nitrogens is 4. The predicted molar refractivity (Wildman–Crippen MR) is 108 cm³/mol. The molecule has 142 valence electrons. The van der Waals surface area contributed by atoms with Gasteiger partial charge in [-0.1, -0.05) is 25.5 Å². The second-order valence-electron chi connectivity index (χ2n) is 7.52. The Kier molecular flexibility index (Phi) is 5.68. The standard InChI is InChI=1S/C22H29N5/c1-2-3-14-26-16-12-23-22(26)20-6-4-13-25(18-20)17-19-7-9-21(10-8-19)27-15-5-11-24-27/h5,7-12,15-16,20H,2-4,6,13-14,17-18H2,1H3/t20-/m1/s1. The third kappa shape index (κ3) is 4.30. The molecule has 5 nitrogen and oxygen atoms in total. The molecular formula is C22H29N5. The van der Waals surface area contributed by atoms with Gasteiger partial charge >= 0.3 is 0 Å². The summed E-state index contributed by atoms with van der Waals surface area (Å²) in [6.45, 7) is 6.62. The Morgan fingerprint density at radius 1 is 1.11 bits per heavy atom. The Morgan fingerprint density at radius 2 is 2.00 bits per heavy atom. The van der Waals surface area contributed by atoms with Gasteiger partial charge in [0.15, 0.2) is 0 Å². The van der Waals surface area contributed by atoms with Gasteiger partial charge in [-0.25, -0.2) is 9.67 Å². The Labute approximate surface area is 161 Å². The van der Waals surface area contributed by atoms with Gasteiger partial charge in [0.25, 0.3) is 0 Å². The molecule has 1 atom stereocenters. The lowest BCUT2D eigenvalue weighted by atomic mass is 9.96. The highest BCUT2D eigenvalue weighted by molar-refractivity contribution is 5.33. The van der Waals surface area contributed by atoms with Crippen molar-refractivity contribution >= 4 is 0 Å². The number of unbranched alkanes of at least 4 members (excludes halogenated alkanes) is 1. The molecule has 1 aromatic carbocycles. The fourth-order valence-electron chi connectivity index (χ4n) is 4.04. The maximum atomic E-state index is 4.70. The van der Waals surface area contributed by atoms with Crippen LogP contribution in [-0.2, 0) is 13.1 Å². The number of benzene rings is 1. The summed E-state index contributed by atoms with van der Waals surface area (Å²) in [5.74, 6) is 1.83.